The van der Waals surface area contributed by atoms with E-state index < -0.39 is 0 Å². The Bertz CT molecular complexity index is 1230. The van der Waals surface area contributed by atoms with E-state index in [9.17, 15) is 0 Å². The molecule has 0 amide bonds. The molecular formula is C27H29N5O. The van der Waals surface area contributed by atoms with Gasteiger partial charge in [0.2, 0.25) is 5.88 Å². The zero-order valence-corrected chi connectivity index (χ0v) is 18.9. The summed E-state index contributed by atoms with van der Waals surface area (Å²) in [6.07, 6.45) is 5.86. The number of hydrogen-bond acceptors (Lipinski definition) is 5. The quantitative estimate of drug-likeness (QED) is 0.452. The van der Waals surface area contributed by atoms with Gasteiger partial charge in [0.05, 0.1) is 22.8 Å². The van der Waals surface area contributed by atoms with Crippen molar-refractivity contribution in [1.29, 1.82) is 0 Å². The number of hydrogen-bond donors (Lipinski definition) is 0. The summed E-state index contributed by atoms with van der Waals surface area (Å²) >= 11 is 0. The minimum Gasteiger partial charge on any atom is -0.472 e. The number of fused-ring (bicyclic) bond motifs is 2. The highest BCUT2D eigenvalue weighted by molar-refractivity contribution is 5.76. The number of aryl methyl sites for hydroxylation is 1. The molecule has 2 fully saturated rings. The molecule has 0 N–H and O–H groups in total. The van der Waals surface area contributed by atoms with Crippen molar-refractivity contribution in [3.8, 4) is 5.88 Å². The highest BCUT2D eigenvalue weighted by Gasteiger charge is 2.44. The maximum absolute atomic E-state index is 6.57. The summed E-state index contributed by atoms with van der Waals surface area (Å²) in [5.41, 5.74) is 3.39. The third-order valence-electron chi connectivity index (χ3n) is 7.29. The first kappa shape index (κ1) is 20.4. The molecule has 2 aliphatic rings. The summed E-state index contributed by atoms with van der Waals surface area (Å²) in [6, 6.07) is 20.7. The van der Waals surface area contributed by atoms with Crippen LogP contribution >= 0.6 is 0 Å². The van der Waals surface area contributed by atoms with Crippen LogP contribution in [0.4, 0.5) is 0 Å². The van der Waals surface area contributed by atoms with Gasteiger partial charge in [-0.15, -0.1) is 0 Å². The van der Waals surface area contributed by atoms with Gasteiger partial charge in [-0.1, -0.05) is 24.3 Å². The van der Waals surface area contributed by atoms with Crippen LogP contribution in [0.5, 0.6) is 5.88 Å². The van der Waals surface area contributed by atoms with Gasteiger partial charge in [0, 0.05) is 38.1 Å². The molecule has 1 saturated heterocycles. The number of aromatic nitrogens is 4. The first-order valence-electron chi connectivity index (χ1n) is 11.9. The molecule has 6 nitrogen and oxygen atoms in total. The Morgan fingerprint density at radius 2 is 1.64 bits per heavy atom. The predicted molar refractivity (Wildman–Crippen MR) is 128 cm³/mol. The highest BCUT2D eigenvalue weighted by atomic mass is 16.5. The fourth-order valence-corrected chi connectivity index (χ4v) is 5.89. The Morgan fingerprint density at radius 1 is 0.879 bits per heavy atom. The van der Waals surface area contributed by atoms with E-state index in [1.807, 2.05) is 30.5 Å². The molecule has 3 aromatic heterocycles. The Morgan fingerprint density at radius 3 is 2.42 bits per heavy atom. The van der Waals surface area contributed by atoms with Gasteiger partial charge in [-0.2, -0.15) is 0 Å². The Hall–Kier alpha value is -3.25. The number of pyridine rings is 2. The van der Waals surface area contributed by atoms with Crippen molar-refractivity contribution >= 4 is 11.0 Å². The van der Waals surface area contributed by atoms with Crippen LogP contribution in [0.1, 0.15) is 30.4 Å². The van der Waals surface area contributed by atoms with Crippen molar-refractivity contribution in [3.63, 3.8) is 0 Å². The van der Waals surface area contributed by atoms with E-state index in [0.717, 1.165) is 49.5 Å². The van der Waals surface area contributed by atoms with Gasteiger partial charge in [0.15, 0.2) is 0 Å². The van der Waals surface area contributed by atoms with E-state index in [-0.39, 0.29) is 12.1 Å². The second kappa shape index (κ2) is 8.60. The molecule has 33 heavy (non-hydrogen) atoms. The molecule has 4 atom stereocenters. The molecule has 1 aromatic carbocycles. The van der Waals surface area contributed by atoms with Crippen LogP contribution in [-0.4, -0.2) is 43.6 Å². The summed E-state index contributed by atoms with van der Waals surface area (Å²) in [4.78, 5) is 16.4. The van der Waals surface area contributed by atoms with Gasteiger partial charge in [-0.25, -0.2) is 9.97 Å². The summed E-state index contributed by atoms with van der Waals surface area (Å²) in [5.74, 6) is 3.02. The number of benzene rings is 1. The van der Waals surface area contributed by atoms with Crippen LogP contribution < -0.4 is 4.74 Å². The van der Waals surface area contributed by atoms with Gasteiger partial charge < -0.3 is 9.30 Å². The monoisotopic (exact) mass is 439 g/mol. The van der Waals surface area contributed by atoms with Gasteiger partial charge in [-0.05, 0) is 61.9 Å². The van der Waals surface area contributed by atoms with Crippen molar-refractivity contribution in [3.05, 3.63) is 84.6 Å². The number of likely N-dealkylation sites (tertiary alicyclic amines) is 1. The van der Waals surface area contributed by atoms with Crippen LogP contribution in [-0.2, 0) is 6.54 Å². The molecule has 1 aliphatic heterocycles. The molecule has 0 spiro atoms. The average molecular weight is 440 g/mol. The summed E-state index contributed by atoms with van der Waals surface area (Å²) in [7, 11) is 0. The lowest BCUT2D eigenvalue weighted by molar-refractivity contribution is 0.0522. The smallest absolute Gasteiger partial charge is 0.213 e. The molecule has 0 unspecified atom stereocenters. The van der Waals surface area contributed by atoms with Gasteiger partial charge in [-0.3, -0.25) is 9.88 Å². The normalized spacial score (nSPS) is 25.2. The number of rotatable bonds is 5. The summed E-state index contributed by atoms with van der Waals surface area (Å²) in [5, 5.41) is 0. The minimum atomic E-state index is 0.0623. The lowest BCUT2D eigenvalue weighted by Crippen LogP contribution is -2.40. The van der Waals surface area contributed by atoms with Gasteiger partial charge >= 0.3 is 0 Å². The van der Waals surface area contributed by atoms with Crippen molar-refractivity contribution < 1.29 is 4.74 Å². The van der Waals surface area contributed by atoms with Crippen molar-refractivity contribution in [2.24, 2.45) is 11.8 Å². The molecule has 6 heteroatoms. The van der Waals surface area contributed by atoms with Crippen molar-refractivity contribution in [1.82, 2.24) is 24.4 Å². The molecule has 4 aromatic rings. The zero-order valence-electron chi connectivity index (χ0n) is 18.9. The third-order valence-corrected chi connectivity index (χ3v) is 7.29. The second-order valence-corrected chi connectivity index (χ2v) is 9.42. The molecule has 0 radical (unpaired) electrons. The molecular weight excluding hydrogens is 410 g/mol. The topological polar surface area (TPSA) is 56.1 Å². The van der Waals surface area contributed by atoms with E-state index >= 15 is 0 Å². The lowest BCUT2D eigenvalue weighted by atomic mass is 9.77. The Balaban J connectivity index is 1.30. The maximum atomic E-state index is 6.57. The molecule has 4 heterocycles. The van der Waals surface area contributed by atoms with Crippen LogP contribution in [0.2, 0.25) is 0 Å². The standard InChI is InChI=1S/C27H29N5O/c1-19-30-23-9-2-3-10-24(23)32(19)25-14-20-16-31(18-22-8-4-6-12-28-22)17-21(20)15-26(25)33-27-11-5-7-13-29-27/h2-13,20-21,25-26H,14-18H2,1H3/t20-,21+,25-,26-/m0/s1. The first-order valence-corrected chi connectivity index (χ1v) is 11.9. The van der Waals surface area contributed by atoms with E-state index in [2.05, 4.69) is 62.8 Å². The van der Waals surface area contributed by atoms with Crippen LogP contribution in [0.15, 0.2) is 73.1 Å². The van der Waals surface area contributed by atoms with E-state index in [1.165, 1.54) is 5.52 Å². The average Bonchev–Trinajstić information content (AvgIpc) is 3.38. The fourth-order valence-electron chi connectivity index (χ4n) is 5.89. The molecule has 0 bridgehead atoms. The van der Waals surface area contributed by atoms with E-state index in [1.54, 1.807) is 6.20 Å². The Labute approximate surface area is 194 Å². The SMILES string of the molecule is Cc1nc2ccccc2n1[C@H]1C[C@H]2CN(Cc3ccccn3)C[C@H]2C[C@@H]1Oc1ccccn1. The zero-order chi connectivity index (χ0) is 22.2. The molecule has 168 valence electrons. The third kappa shape index (κ3) is 4.00. The van der Waals surface area contributed by atoms with Crippen LogP contribution in [0.25, 0.3) is 11.0 Å². The summed E-state index contributed by atoms with van der Waals surface area (Å²) < 4.78 is 8.98. The number of para-hydroxylation sites is 2. The van der Waals surface area contributed by atoms with Crippen LogP contribution in [0, 0.1) is 18.8 Å². The largest absolute Gasteiger partial charge is 0.472 e. The predicted octanol–water partition coefficient (Wildman–Crippen LogP) is 4.67. The lowest BCUT2D eigenvalue weighted by Gasteiger charge is -2.39. The second-order valence-electron chi connectivity index (χ2n) is 9.42. The van der Waals surface area contributed by atoms with Gasteiger partial charge in [0.25, 0.3) is 0 Å². The first-order chi connectivity index (χ1) is 16.2. The van der Waals surface area contributed by atoms with Gasteiger partial charge in [0.1, 0.15) is 11.9 Å². The summed E-state index contributed by atoms with van der Waals surface area (Å²) in [6.45, 7) is 5.24. The van der Waals surface area contributed by atoms with Crippen molar-refractivity contribution in [2.75, 3.05) is 13.1 Å². The van der Waals surface area contributed by atoms with E-state index in [4.69, 9.17) is 9.72 Å². The molecule has 6 rings (SSSR count). The van der Waals surface area contributed by atoms with Crippen LogP contribution in [0.3, 0.4) is 0 Å². The number of nitrogens with zero attached hydrogens (tertiary/aromatic N) is 5. The molecule has 1 aliphatic carbocycles. The minimum absolute atomic E-state index is 0.0623. The number of ether oxygens (including phenoxy) is 1. The highest BCUT2D eigenvalue weighted by Crippen LogP contribution is 2.44. The van der Waals surface area contributed by atoms with Crippen molar-refractivity contribution in [2.45, 2.75) is 38.5 Å². The number of imidazole rings is 1. The fraction of sp³-hybridized carbons (Fsp3) is 0.370. The maximum Gasteiger partial charge on any atom is 0.213 e. The molecule has 1 saturated carbocycles. The van der Waals surface area contributed by atoms with E-state index in [0.29, 0.717) is 17.7 Å². The Kier molecular flexibility index (Phi) is 5.30.